The number of likely N-dealkylation sites (tertiary alicyclic amines) is 1. The molecule has 0 spiro atoms. The maximum absolute atomic E-state index is 12.6. The molecule has 122 valence electrons. The summed E-state index contributed by atoms with van der Waals surface area (Å²) in [6, 6.07) is 7.88. The molecule has 4 heteroatoms. The van der Waals surface area contributed by atoms with Crippen LogP contribution >= 0.6 is 0 Å². The van der Waals surface area contributed by atoms with Crippen LogP contribution in [0.5, 0.6) is 0 Å². The van der Waals surface area contributed by atoms with Gasteiger partial charge in [-0.1, -0.05) is 17.7 Å². The molecule has 1 fully saturated rings. The Balaban J connectivity index is 1.59. The van der Waals surface area contributed by atoms with E-state index in [4.69, 9.17) is 0 Å². The molecule has 3 rings (SSSR count). The van der Waals surface area contributed by atoms with Crippen LogP contribution in [0.3, 0.4) is 0 Å². The summed E-state index contributed by atoms with van der Waals surface area (Å²) in [4.78, 5) is 19.0. The first-order valence-corrected chi connectivity index (χ1v) is 8.39. The number of carbonyl (C=O) groups excluding carboxylic acids is 1. The molecule has 1 aliphatic heterocycles. The van der Waals surface area contributed by atoms with Crippen molar-refractivity contribution in [3.63, 3.8) is 0 Å². The van der Waals surface area contributed by atoms with E-state index >= 15 is 0 Å². The molecule has 1 aromatic carbocycles. The fourth-order valence-corrected chi connectivity index (χ4v) is 3.40. The molecule has 1 saturated heterocycles. The average Bonchev–Trinajstić information content (AvgIpc) is 2.87. The van der Waals surface area contributed by atoms with E-state index in [1.807, 2.05) is 42.3 Å². The SMILES string of the molecule is Cc1cccc(C(=O)N2CCC(Cn3c(C)cnc3C)CC2)c1. The second-order valence-electron chi connectivity index (χ2n) is 6.66. The van der Waals surface area contributed by atoms with Crippen LogP contribution in [0.1, 0.15) is 40.3 Å². The number of hydrogen-bond acceptors (Lipinski definition) is 2. The van der Waals surface area contributed by atoms with Crippen LogP contribution in [0.15, 0.2) is 30.5 Å². The van der Waals surface area contributed by atoms with Crippen molar-refractivity contribution in [3.05, 3.63) is 53.1 Å². The van der Waals surface area contributed by atoms with E-state index in [0.29, 0.717) is 5.92 Å². The Kier molecular flexibility index (Phi) is 4.51. The summed E-state index contributed by atoms with van der Waals surface area (Å²) in [5.41, 5.74) is 3.17. The number of nitrogens with zero attached hydrogens (tertiary/aromatic N) is 3. The largest absolute Gasteiger partial charge is 0.339 e. The van der Waals surface area contributed by atoms with Crippen LogP contribution in [0.2, 0.25) is 0 Å². The van der Waals surface area contributed by atoms with E-state index in [1.165, 1.54) is 5.69 Å². The Labute approximate surface area is 138 Å². The summed E-state index contributed by atoms with van der Waals surface area (Å²) < 4.78 is 2.29. The molecule has 0 unspecified atom stereocenters. The monoisotopic (exact) mass is 311 g/mol. The number of imidazole rings is 1. The number of rotatable bonds is 3. The van der Waals surface area contributed by atoms with Crippen LogP contribution in [0, 0.1) is 26.7 Å². The molecule has 2 heterocycles. The molecule has 1 aliphatic rings. The van der Waals surface area contributed by atoms with Gasteiger partial charge in [-0.05, 0) is 51.7 Å². The molecule has 0 N–H and O–H groups in total. The summed E-state index contributed by atoms with van der Waals surface area (Å²) in [7, 11) is 0. The van der Waals surface area contributed by atoms with Gasteiger partial charge < -0.3 is 9.47 Å². The number of piperidine rings is 1. The first-order chi connectivity index (χ1) is 11.0. The number of amides is 1. The zero-order valence-electron chi connectivity index (χ0n) is 14.2. The number of aryl methyl sites for hydroxylation is 3. The highest BCUT2D eigenvalue weighted by atomic mass is 16.2. The molecule has 23 heavy (non-hydrogen) atoms. The lowest BCUT2D eigenvalue weighted by Crippen LogP contribution is -2.39. The van der Waals surface area contributed by atoms with Crippen molar-refractivity contribution in [3.8, 4) is 0 Å². The maximum Gasteiger partial charge on any atom is 0.253 e. The smallest absolute Gasteiger partial charge is 0.253 e. The van der Waals surface area contributed by atoms with Crippen molar-refractivity contribution in [2.45, 2.75) is 40.2 Å². The first kappa shape index (κ1) is 15.8. The van der Waals surface area contributed by atoms with Crippen molar-refractivity contribution in [1.29, 1.82) is 0 Å². The van der Waals surface area contributed by atoms with Crippen LogP contribution in [-0.2, 0) is 6.54 Å². The van der Waals surface area contributed by atoms with Gasteiger partial charge in [0.1, 0.15) is 5.82 Å². The number of carbonyl (C=O) groups is 1. The Bertz CT molecular complexity index is 677. The van der Waals surface area contributed by atoms with Crippen molar-refractivity contribution < 1.29 is 4.79 Å². The Morgan fingerprint density at radius 2 is 1.96 bits per heavy atom. The first-order valence-electron chi connectivity index (χ1n) is 8.39. The molecule has 4 nitrogen and oxygen atoms in total. The van der Waals surface area contributed by atoms with Gasteiger partial charge in [0.2, 0.25) is 0 Å². The summed E-state index contributed by atoms with van der Waals surface area (Å²) in [5, 5.41) is 0. The highest BCUT2D eigenvalue weighted by Crippen LogP contribution is 2.22. The predicted octanol–water partition coefficient (Wildman–Crippen LogP) is 3.36. The average molecular weight is 311 g/mol. The molecule has 2 aromatic rings. The fraction of sp³-hybridized carbons (Fsp3) is 0.474. The highest BCUT2D eigenvalue weighted by molar-refractivity contribution is 5.94. The zero-order chi connectivity index (χ0) is 16.4. The highest BCUT2D eigenvalue weighted by Gasteiger charge is 2.24. The normalized spacial score (nSPS) is 15.9. The van der Waals surface area contributed by atoms with Crippen molar-refractivity contribution >= 4 is 5.91 Å². The summed E-state index contributed by atoms with van der Waals surface area (Å²) >= 11 is 0. The van der Waals surface area contributed by atoms with E-state index in [1.54, 1.807) is 0 Å². The molecule has 0 bridgehead atoms. The third-order valence-electron chi connectivity index (χ3n) is 4.86. The van der Waals surface area contributed by atoms with Gasteiger partial charge in [0.15, 0.2) is 0 Å². The van der Waals surface area contributed by atoms with Gasteiger partial charge in [0, 0.05) is 37.1 Å². The van der Waals surface area contributed by atoms with Gasteiger partial charge in [-0.3, -0.25) is 4.79 Å². The lowest BCUT2D eigenvalue weighted by Gasteiger charge is -2.32. The molecule has 1 aromatic heterocycles. The molecular weight excluding hydrogens is 286 g/mol. The van der Waals surface area contributed by atoms with Crippen LogP contribution in [0.4, 0.5) is 0 Å². The van der Waals surface area contributed by atoms with Gasteiger partial charge in [-0.2, -0.15) is 0 Å². The summed E-state index contributed by atoms with van der Waals surface area (Å²) in [6.45, 7) is 8.91. The topological polar surface area (TPSA) is 38.1 Å². The minimum absolute atomic E-state index is 0.169. The van der Waals surface area contributed by atoms with Crippen LogP contribution in [-0.4, -0.2) is 33.4 Å². The number of aromatic nitrogens is 2. The molecule has 0 atom stereocenters. The number of benzene rings is 1. The van der Waals surface area contributed by atoms with E-state index in [9.17, 15) is 4.79 Å². The third kappa shape index (κ3) is 3.46. The molecule has 0 aliphatic carbocycles. The quantitative estimate of drug-likeness (QED) is 0.872. The fourth-order valence-electron chi connectivity index (χ4n) is 3.40. The van der Waals surface area contributed by atoms with Crippen molar-refractivity contribution in [2.24, 2.45) is 5.92 Å². The molecule has 1 amide bonds. The summed E-state index contributed by atoms with van der Waals surface area (Å²) in [6.07, 6.45) is 4.06. The van der Waals surface area contributed by atoms with E-state index in [2.05, 4.69) is 23.4 Å². The van der Waals surface area contributed by atoms with Crippen molar-refractivity contribution in [1.82, 2.24) is 14.5 Å². The lowest BCUT2D eigenvalue weighted by molar-refractivity contribution is 0.0682. The minimum Gasteiger partial charge on any atom is -0.339 e. The molecule has 0 radical (unpaired) electrons. The van der Waals surface area contributed by atoms with E-state index in [-0.39, 0.29) is 5.91 Å². The Morgan fingerprint density at radius 1 is 1.22 bits per heavy atom. The Hall–Kier alpha value is -2.10. The van der Waals surface area contributed by atoms with Gasteiger partial charge in [-0.15, -0.1) is 0 Å². The van der Waals surface area contributed by atoms with Gasteiger partial charge in [0.25, 0.3) is 5.91 Å². The minimum atomic E-state index is 0.169. The van der Waals surface area contributed by atoms with E-state index in [0.717, 1.165) is 49.4 Å². The lowest BCUT2D eigenvalue weighted by atomic mass is 9.96. The van der Waals surface area contributed by atoms with Crippen LogP contribution in [0.25, 0.3) is 0 Å². The predicted molar refractivity (Wildman–Crippen MR) is 91.5 cm³/mol. The zero-order valence-corrected chi connectivity index (χ0v) is 14.2. The van der Waals surface area contributed by atoms with Gasteiger partial charge in [-0.25, -0.2) is 4.98 Å². The van der Waals surface area contributed by atoms with Gasteiger partial charge in [0.05, 0.1) is 0 Å². The second-order valence-corrected chi connectivity index (χ2v) is 6.66. The standard InChI is InChI=1S/C19H25N3O/c1-14-5-4-6-18(11-14)19(23)21-9-7-17(8-10-21)13-22-15(2)12-20-16(22)3/h4-6,11-12,17H,7-10,13H2,1-3H3. The Morgan fingerprint density at radius 3 is 2.57 bits per heavy atom. The maximum atomic E-state index is 12.6. The molecule has 0 saturated carbocycles. The number of hydrogen-bond donors (Lipinski definition) is 0. The van der Waals surface area contributed by atoms with Crippen LogP contribution < -0.4 is 0 Å². The summed E-state index contributed by atoms with van der Waals surface area (Å²) in [5.74, 6) is 1.88. The third-order valence-corrected chi connectivity index (χ3v) is 4.86. The van der Waals surface area contributed by atoms with Crippen molar-refractivity contribution in [2.75, 3.05) is 13.1 Å². The second kappa shape index (κ2) is 6.57. The van der Waals surface area contributed by atoms with E-state index < -0.39 is 0 Å². The van der Waals surface area contributed by atoms with Gasteiger partial charge >= 0.3 is 0 Å². The molecular formula is C19H25N3O.